The second kappa shape index (κ2) is 5.92. The fourth-order valence-corrected chi connectivity index (χ4v) is 3.03. The summed E-state index contributed by atoms with van der Waals surface area (Å²) in [5, 5.41) is 31.3. The SMILES string of the molecule is CC(C)n1cc([C@@]2(O)CCN(c3nnnn3-c3ccccc3)C2)nn1. The van der Waals surface area contributed by atoms with Gasteiger partial charge in [0.05, 0.1) is 18.4 Å². The highest BCUT2D eigenvalue weighted by molar-refractivity contribution is 5.42. The van der Waals surface area contributed by atoms with Crippen molar-refractivity contribution in [2.45, 2.75) is 31.9 Å². The number of nitrogens with zero attached hydrogens (tertiary/aromatic N) is 8. The van der Waals surface area contributed by atoms with Crippen molar-refractivity contribution in [1.29, 1.82) is 0 Å². The highest BCUT2D eigenvalue weighted by Gasteiger charge is 2.42. The maximum Gasteiger partial charge on any atom is 0.250 e. The average molecular weight is 340 g/mol. The van der Waals surface area contributed by atoms with Crippen LogP contribution in [-0.2, 0) is 5.60 Å². The molecule has 9 nitrogen and oxygen atoms in total. The molecule has 3 heterocycles. The highest BCUT2D eigenvalue weighted by atomic mass is 16.3. The summed E-state index contributed by atoms with van der Waals surface area (Å²) in [6.07, 6.45) is 2.36. The number of aliphatic hydroxyl groups is 1. The van der Waals surface area contributed by atoms with Gasteiger partial charge in [-0.15, -0.1) is 5.10 Å². The van der Waals surface area contributed by atoms with Gasteiger partial charge in [-0.2, -0.15) is 4.68 Å². The number of β-amino-alcohol motifs (C(OH)–C–C–N with tert-alkyl or cyclic N) is 1. The normalized spacial score (nSPS) is 20.6. The van der Waals surface area contributed by atoms with E-state index in [-0.39, 0.29) is 6.04 Å². The number of tetrazole rings is 1. The molecule has 1 atom stereocenters. The number of anilines is 1. The standard InChI is InChI=1S/C16H20N8O/c1-12(2)23-10-14(17-20-23)16(25)8-9-22(11-16)15-18-19-21-24(15)13-6-4-3-5-7-13/h3-7,10,12,25H,8-9,11H2,1-2H3/t16-/m1/s1. The molecule has 1 aliphatic rings. The molecule has 1 saturated heterocycles. The summed E-state index contributed by atoms with van der Waals surface area (Å²) in [6, 6.07) is 9.90. The first kappa shape index (κ1) is 15.7. The Balaban J connectivity index is 1.60. The first-order chi connectivity index (χ1) is 12.1. The Morgan fingerprint density at radius 2 is 1.92 bits per heavy atom. The van der Waals surface area contributed by atoms with Crippen LogP contribution in [0.4, 0.5) is 5.95 Å². The second-order valence-corrected chi connectivity index (χ2v) is 6.61. The molecular weight excluding hydrogens is 320 g/mol. The van der Waals surface area contributed by atoms with Crippen LogP contribution in [0, 0.1) is 0 Å². The van der Waals surface area contributed by atoms with Crippen LogP contribution in [-0.4, -0.2) is 53.4 Å². The molecule has 0 aliphatic carbocycles. The first-order valence-corrected chi connectivity index (χ1v) is 8.30. The lowest BCUT2D eigenvalue weighted by atomic mass is 10.00. The minimum atomic E-state index is -1.05. The summed E-state index contributed by atoms with van der Waals surface area (Å²) in [5.41, 5.74) is 0.409. The molecule has 0 saturated carbocycles. The van der Waals surface area contributed by atoms with E-state index in [0.29, 0.717) is 31.2 Å². The molecular formula is C16H20N8O. The number of aromatic nitrogens is 7. The summed E-state index contributed by atoms with van der Waals surface area (Å²) in [7, 11) is 0. The quantitative estimate of drug-likeness (QED) is 0.754. The molecule has 130 valence electrons. The van der Waals surface area contributed by atoms with Crippen LogP contribution in [0.1, 0.15) is 32.0 Å². The van der Waals surface area contributed by atoms with Gasteiger partial charge in [-0.25, -0.2) is 4.68 Å². The van der Waals surface area contributed by atoms with Crippen molar-refractivity contribution in [2.24, 2.45) is 0 Å². The monoisotopic (exact) mass is 340 g/mol. The molecule has 2 aromatic heterocycles. The van der Waals surface area contributed by atoms with Gasteiger partial charge in [0.25, 0.3) is 0 Å². The predicted molar refractivity (Wildman–Crippen MR) is 90.3 cm³/mol. The number of rotatable bonds is 4. The van der Waals surface area contributed by atoms with Gasteiger partial charge in [0, 0.05) is 19.0 Å². The molecule has 0 radical (unpaired) electrons. The number of hydrogen-bond acceptors (Lipinski definition) is 7. The maximum absolute atomic E-state index is 11.1. The summed E-state index contributed by atoms with van der Waals surface area (Å²) in [6.45, 7) is 5.06. The van der Waals surface area contributed by atoms with Crippen LogP contribution in [0.2, 0.25) is 0 Å². The Morgan fingerprint density at radius 1 is 1.12 bits per heavy atom. The fraction of sp³-hybridized carbons (Fsp3) is 0.438. The number of para-hydroxylation sites is 1. The van der Waals surface area contributed by atoms with Crippen LogP contribution >= 0.6 is 0 Å². The lowest BCUT2D eigenvalue weighted by Gasteiger charge is -2.21. The third kappa shape index (κ3) is 2.76. The van der Waals surface area contributed by atoms with Crippen LogP contribution in [0.25, 0.3) is 5.69 Å². The van der Waals surface area contributed by atoms with Gasteiger partial charge in [0.2, 0.25) is 5.95 Å². The van der Waals surface area contributed by atoms with Crippen molar-refractivity contribution in [1.82, 2.24) is 35.2 Å². The van der Waals surface area contributed by atoms with E-state index in [1.165, 1.54) is 0 Å². The Morgan fingerprint density at radius 3 is 2.64 bits per heavy atom. The smallest absolute Gasteiger partial charge is 0.250 e. The molecule has 0 unspecified atom stereocenters. The second-order valence-electron chi connectivity index (χ2n) is 6.61. The summed E-state index contributed by atoms with van der Waals surface area (Å²) in [4.78, 5) is 1.97. The van der Waals surface area contributed by atoms with Gasteiger partial charge in [-0.1, -0.05) is 28.5 Å². The molecule has 3 aromatic rings. The molecule has 0 spiro atoms. The molecule has 0 bridgehead atoms. The van der Waals surface area contributed by atoms with E-state index >= 15 is 0 Å². The van der Waals surface area contributed by atoms with Gasteiger partial charge in [0.1, 0.15) is 11.3 Å². The van der Waals surface area contributed by atoms with Crippen molar-refractivity contribution in [3.05, 3.63) is 42.2 Å². The van der Waals surface area contributed by atoms with Crippen LogP contribution < -0.4 is 4.90 Å². The van der Waals surface area contributed by atoms with Crippen LogP contribution in [0.3, 0.4) is 0 Å². The number of hydrogen-bond donors (Lipinski definition) is 1. The molecule has 25 heavy (non-hydrogen) atoms. The molecule has 9 heteroatoms. The van der Waals surface area contributed by atoms with E-state index < -0.39 is 5.60 Å². The molecule has 1 aliphatic heterocycles. The topological polar surface area (TPSA) is 97.8 Å². The number of benzene rings is 1. The van der Waals surface area contributed by atoms with E-state index in [2.05, 4.69) is 25.8 Å². The zero-order chi connectivity index (χ0) is 17.4. The molecule has 1 aromatic carbocycles. The summed E-state index contributed by atoms with van der Waals surface area (Å²) in [5.74, 6) is 0.610. The van der Waals surface area contributed by atoms with Crippen molar-refractivity contribution in [3.8, 4) is 5.69 Å². The molecule has 4 rings (SSSR count). The summed E-state index contributed by atoms with van der Waals surface area (Å²) >= 11 is 0. The maximum atomic E-state index is 11.1. The lowest BCUT2D eigenvalue weighted by Crippen LogP contribution is -2.32. The highest BCUT2D eigenvalue weighted by Crippen LogP contribution is 2.33. The Kier molecular flexibility index (Phi) is 3.72. The zero-order valence-electron chi connectivity index (χ0n) is 14.2. The first-order valence-electron chi connectivity index (χ1n) is 8.30. The van der Waals surface area contributed by atoms with Gasteiger partial charge in [0.15, 0.2) is 0 Å². The minimum absolute atomic E-state index is 0.202. The van der Waals surface area contributed by atoms with Crippen LogP contribution in [0.5, 0.6) is 0 Å². The predicted octanol–water partition coefficient (Wildman–Crippen LogP) is 0.933. The van der Waals surface area contributed by atoms with Crippen molar-refractivity contribution >= 4 is 5.95 Å². The van der Waals surface area contributed by atoms with Gasteiger partial charge >= 0.3 is 0 Å². The molecule has 1 N–H and O–H groups in total. The van der Waals surface area contributed by atoms with Crippen molar-refractivity contribution in [3.63, 3.8) is 0 Å². The zero-order valence-corrected chi connectivity index (χ0v) is 14.2. The summed E-state index contributed by atoms with van der Waals surface area (Å²) < 4.78 is 3.43. The van der Waals surface area contributed by atoms with E-state index in [0.717, 1.165) is 5.69 Å². The average Bonchev–Trinajstić information content (AvgIpc) is 3.35. The van der Waals surface area contributed by atoms with E-state index in [9.17, 15) is 5.11 Å². The largest absolute Gasteiger partial charge is 0.381 e. The van der Waals surface area contributed by atoms with E-state index in [4.69, 9.17) is 0 Å². The van der Waals surface area contributed by atoms with E-state index in [1.807, 2.05) is 55.3 Å². The molecule has 1 fully saturated rings. The van der Waals surface area contributed by atoms with Gasteiger partial charge in [-0.05, 0) is 36.4 Å². The third-order valence-corrected chi connectivity index (χ3v) is 4.50. The Bertz CT molecular complexity index is 858. The Hall–Kier alpha value is -2.81. The van der Waals surface area contributed by atoms with Crippen molar-refractivity contribution in [2.75, 3.05) is 18.0 Å². The third-order valence-electron chi connectivity index (χ3n) is 4.50. The van der Waals surface area contributed by atoms with Gasteiger partial charge < -0.3 is 10.0 Å². The van der Waals surface area contributed by atoms with Crippen LogP contribution in [0.15, 0.2) is 36.5 Å². The van der Waals surface area contributed by atoms with Crippen molar-refractivity contribution < 1.29 is 5.11 Å². The lowest BCUT2D eigenvalue weighted by molar-refractivity contribution is 0.0558. The van der Waals surface area contributed by atoms with Gasteiger partial charge in [-0.3, -0.25) is 0 Å². The van der Waals surface area contributed by atoms with E-state index in [1.54, 1.807) is 9.36 Å². The molecule has 0 amide bonds. The minimum Gasteiger partial charge on any atom is -0.381 e. The fourth-order valence-electron chi connectivity index (χ4n) is 3.03. The Labute approximate surface area is 144 Å².